The van der Waals surface area contributed by atoms with Gasteiger partial charge in [0, 0.05) is 49.7 Å². The van der Waals surface area contributed by atoms with Gasteiger partial charge in [0.15, 0.2) is 0 Å². The fourth-order valence-electron chi connectivity index (χ4n) is 6.80. The van der Waals surface area contributed by atoms with Gasteiger partial charge in [0.2, 0.25) is 0 Å². The minimum Gasteiger partial charge on any atom is -0.455 e. The highest BCUT2D eigenvalue weighted by Gasteiger charge is 2.23. The second-order valence-electron chi connectivity index (χ2n) is 11.4. The van der Waals surface area contributed by atoms with E-state index in [0.29, 0.717) is 0 Å². The number of furan rings is 1. The molecule has 0 aliphatic rings. The molecule has 212 valence electrons. The first-order valence-corrected chi connectivity index (χ1v) is 15.3. The SMILES string of the molecule is c1ccc(N(c2ccccc2)c2cc3c4ccccc4n(-c4ccccc4)c3cc2-c2cccc3c2oc2ccccc23)cc1. The molecule has 0 bridgehead atoms. The summed E-state index contributed by atoms with van der Waals surface area (Å²) >= 11 is 0. The van der Waals surface area contributed by atoms with Crippen LogP contribution in [0.5, 0.6) is 0 Å². The van der Waals surface area contributed by atoms with Gasteiger partial charge < -0.3 is 13.9 Å². The lowest BCUT2D eigenvalue weighted by atomic mass is 9.97. The van der Waals surface area contributed by atoms with Gasteiger partial charge in [-0.15, -0.1) is 0 Å². The Morgan fingerprint density at radius 3 is 1.76 bits per heavy atom. The van der Waals surface area contributed by atoms with E-state index < -0.39 is 0 Å². The van der Waals surface area contributed by atoms with Crippen molar-refractivity contribution in [1.29, 1.82) is 0 Å². The molecule has 0 spiro atoms. The molecule has 0 saturated heterocycles. The van der Waals surface area contributed by atoms with Crippen LogP contribution in [-0.2, 0) is 0 Å². The first-order valence-electron chi connectivity index (χ1n) is 15.3. The molecule has 2 heterocycles. The molecule has 0 saturated carbocycles. The van der Waals surface area contributed by atoms with E-state index in [4.69, 9.17) is 4.42 Å². The predicted octanol–water partition coefficient (Wildman–Crippen LogP) is 11.8. The summed E-state index contributed by atoms with van der Waals surface area (Å²) in [6.45, 7) is 0. The molecular formula is C42H28N2O. The van der Waals surface area contributed by atoms with E-state index in [1.807, 2.05) is 6.07 Å². The van der Waals surface area contributed by atoms with Crippen LogP contribution in [-0.4, -0.2) is 4.57 Å². The van der Waals surface area contributed by atoms with E-state index in [-0.39, 0.29) is 0 Å². The van der Waals surface area contributed by atoms with Gasteiger partial charge in [-0.1, -0.05) is 109 Å². The van der Waals surface area contributed by atoms with Gasteiger partial charge in [-0.25, -0.2) is 0 Å². The first-order chi connectivity index (χ1) is 22.3. The van der Waals surface area contributed by atoms with Crippen LogP contribution in [0.25, 0.3) is 60.6 Å². The highest BCUT2D eigenvalue weighted by molar-refractivity contribution is 6.15. The van der Waals surface area contributed by atoms with Crippen LogP contribution in [0.3, 0.4) is 0 Å². The van der Waals surface area contributed by atoms with Crippen LogP contribution < -0.4 is 4.90 Å². The Labute approximate surface area is 260 Å². The molecule has 0 amide bonds. The zero-order valence-electron chi connectivity index (χ0n) is 24.5. The molecule has 9 aromatic rings. The molecule has 0 aliphatic heterocycles. The first kappa shape index (κ1) is 25.4. The maximum absolute atomic E-state index is 6.64. The lowest BCUT2D eigenvalue weighted by Gasteiger charge is -2.28. The lowest BCUT2D eigenvalue weighted by molar-refractivity contribution is 0.670. The van der Waals surface area contributed by atoms with Crippen molar-refractivity contribution in [2.24, 2.45) is 0 Å². The van der Waals surface area contributed by atoms with Crippen molar-refractivity contribution < 1.29 is 4.42 Å². The molecule has 0 fully saturated rings. The second kappa shape index (κ2) is 10.3. The van der Waals surface area contributed by atoms with E-state index in [1.54, 1.807) is 0 Å². The number of fused-ring (bicyclic) bond motifs is 6. The van der Waals surface area contributed by atoms with Crippen LogP contribution >= 0.6 is 0 Å². The third-order valence-electron chi connectivity index (χ3n) is 8.77. The quantitative estimate of drug-likeness (QED) is 0.203. The van der Waals surface area contributed by atoms with Crippen molar-refractivity contribution in [3.8, 4) is 16.8 Å². The Morgan fingerprint density at radius 2 is 1.02 bits per heavy atom. The van der Waals surface area contributed by atoms with E-state index in [1.165, 1.54) is 16.3 Å². The number of para-hydroxylation sites is 6. The Kier molecular flexibility index (Phi) is 5.82. The van der Waals surface area contributed by atoms with Crippen molar-refractivity contribution >= 4 is 60.8 Å². The van der Waals surface area contributed by atoms with E-state index in [9.17, 15) is 0 Å². The average molecular weight is 577 g/mol. The molecule has 0 N–H and O–H groups in total. The topological polar surface area (TPSA) is 21.3 Å². The molecule has 2 aromatic heterocycles. The average Bonchev–Trinajstić information content (AvgIpc) is 3.65. The highest BCUT2D eigenvalue weighted by atomic mass is 16.3. The van der Waals surface area contributed by atoms with Gasteiger partial charge in [-0.05, 0) is 60.7 Å². The molecule has 0 atom stereocenters. The summed E-state index contributed by atoms with van der Waals surface area (Å²) < 4.78 is 9.03. The van der Waals surface area contributed by atoms with Crippen molar-refractivity contribution in [2.45, 2.75) is 0 Å². The molecule has 3 heteroatoms. The highest BCUT2D eigenvalue weighted by Crippen LogP contribution is 2.47. The number of nitrogens with zero attached hydrogens (tertiary/aromatic N) is 2. The van der Waals surface area contributed by atoms with Gasteiger partial charge in [-0.2, -0.15) is 0 Å². The summed E-state index contributed by atoms with van der Waals surface area (Å²) in [5.41, 5.74) is 10.7. The monoisotopic (exact) mass is 576 g/mol. The Morgan fingerprint density at radius 1 is 0.422 bits per heavy atom. The summed E-state index contributed by atoms with van der Waals surface area (Å²) in [4.78, 5) is 2.37. The minimum atomic E-state index is 0.891. The molecule has 7 aromatic carbocycles. The third kappa shape index (κ3) is 4.05. The third-order valence-corrected chi connectivity index (χ3v) is 8.77. The standard InChI is InChI=1S/C42H28N2O/c1-4-15-29(16-5-1)43(30-17-6-2-7-18-30)39-27-36-32-21-10-12-25-38(32)44(31-19-8-3-9-20-31)40(36)28-37(39)35-24-14-23-34-33-22-11-13-26-41(33)45-42(34)35/h1-28H. The zero-order chi connectivity index (χ0) is 29.7. The number of hydrogen-bond donors (Lipinski definition) is 0. The molecular weight excluding hydrogens is 548 g/mol. The van der Waals surface area contributed by atoms with E-state index in [0.717, 1.165) is 61.3 Å². The Balaban J connectivity index is 1.45. The van der Waals surface area contributed by atoms with Gasteiger partial charge in [0.1, 0.15) is 11.2 Å². The molecule has 9 rings (SSSR count). The van der Waals surface area contributed by atoms with Gasteiger partial charge in [-0.3, -0.25) is 0 Å². The Hall–Kier alpha value is -6.06. The summed E-state index contributed by atoms with van der Waals surface area (Å²) in [5.74, 6) is 0. The summed E-state index contributed by atoms with van der Waals surface area (Å²) in [6, 6.07) is 60.1. The smallest absolute Gasteiger partial charge is 0.143 e. The summed E-state index contributed by atoms with van der Waals surface area (Å²) in [7, 11) is 0. The van der Waals surface area contributed by atoms with E-state index in [2.05, 4.69) is 173 Å². The molecule has 0 radical (unpaired) electrons. The maximum atomic E-state index is 6.64. The largest absolute Gasteiger partial charge is 0.455 e. The van der Waals surface area contributed by atoms with Crippen molar-refractivity contribution in [3.05, 3.63) is 170 Å². The second-order valence-corrected chi connectivity index (χ2v) is 11.4. The van der Waals surface area contributed by atoms with Crippen LogP contribution in [0.4, 0.5) is 17.1 Å². The number of rotatable bonds is 5. The summed E-state index contributed by atoms with van der Waals surface area (Å²) in [5, 5.41) is 4.65. The minimum absolute atomic E-state index is 0.891. The van der Waals surface area contributed by atoms with Crippen molar-refractivity contribution in [1.82, 2.24) is 4.57 Å². The fraction of sp³-hybridized carbons (Fsp3) is 0. The number of anilines is 3. The van der Waals surface area contributed by atoms with Gasteiger partial charge in [0.05, 0.1) is 16.7 Å². The van der Waals surface area contributed by atoms with Crippen LogP contribution in [0.1, 0.15) is 0 Å². The zero-order valence-corrected chi connectivity index (χ0v) is 24.5. The van der Waals surface area contributed by atoms with Gasteiger partial charge in [0.25, 0.3) is 0 Å². The number of aromatic nitrogens is 1. The number of benzene rings is 7. The van der Waals surface area contributed by atoms with Crippen LogP contribution in [0.2, 0.25) is 0 Å². The van der Waals surface area contributed by atoms with Crippen LogP contribution in [0.15, 0.2) is 174 Å². The summed E-state index contributed by atoms with van der Waals surface area (Å²) in [6.07, 6.45) is 0. The van der Waals surface area contributed by atoms with Crippen molar-refractivity contribution in [3.63, 3.8) is 0 Å². The van der Waals surface area contributed by atoms with Crippen molar-refractivity contribution in [2.75, 3.05) is 4.90 Å². The fourth-order valence-corrected chi connectivity index (χ4v) is 6.80. The van der Waals surface area contributed by atoms with E-state index >= 15 is 0 Å². The predicted molar refractivity (Wildman–Crippen MR) is 188 cm³/mol. The normalized spacial score (nSPS) is 11.6. The molecule has 0 unspecified atom stereocenters. The Bertz CT molecular complexity index is 2440. The molecule has 0 aliphatic carbocycles. The molecule has 3 nitrogen and oxygen atoms in total. The van der Waals surface area contributed by atoms with Gasteiger partial charge >= 0.3 is 0 Å². The maximum Gasteiger partial charge on any atom is 0.143 e. The van der Waals surface area contributed by atoms with Crippen LogP contribution in [0, 0.1) is 0 Å². The molecule has 45 heavy (non-hydrogen) atoms. The lowest BCUT2D eigenvalue weighted by Crippen LogP contribution is -2.11. The number of hydrogen-bond acceptors (Lipinski definition) is 2.